The summed E-state index contributed by atoms with van der Waals surface area (Å²) in [6, 6.07) is 11.2. The third kappa shape index (κ3) is 5.90. The summed E-state index contributed by atoms with van der Waals surface area (Å²) in [6.45, 7) is -0.323. The molecule has 184 valence electrons. The van der Waals surface area contributed by atoms with Crippen molar-refractivity contribution in [3.63, 3.8) is 0 Å². The second-order valence-electron chi connectivity index (χ2n) is 7.75. The Bertz CT molecular complexity index is 1610. The second kappa shape index (κ2) is 9.45. The molecule has 0 bridgehead atoms. The number of thiazole rings is 1. The van der Waals surface area contributed by atoms with Crippen LogP contribution in [0.25, 0.3) is 27.0 Å². The summed E-state index contributed by atoms with van der Waals surface area (Å²) in [7, 11) is -7.72. The van der Waals surface area contributed by atoms with Crippen molar-refractivity contribution in [3.8, 4) is 16.8 Å². The molecule has 0 aliphatic rings. The Morgan fingerprint density at radius 1 is 1.14 bits per heavy atom. The van der Waals surface area contributed by atoms with Crippen molar-refractivity contribution in [2.45, 2.75) is 5.25 Å². The molecule has 0 saturated carbocycles. The normalized spacial score (nSPS) is 13.1. The molecule has 0 fully saturated rings. The van der Waals surface area contributed by atoms with Gasteiger partial charge in [-0.05, 0) is 42.0 Å². The molecular weight excluding hydrogens is 517 g/mol. The molecule has 0 radical (unpaired) electrons. The van der Waals surface area contributed by atoms with Crippen molar-refractivity contribution in [2.24, 2.45) is 5.14 Å². The molecule has 14 heteroatoms. The maximum atomic E-state index is 13.2. The number of fused-ring (bicyclic) bond motifs is 1. The van der Waals surface area contributed by atoms with Gasteiger partial charge in [-0.15, -0.1) is 11.3 Å². The summed E-state index contributed by atoms with van der Waals surface area (Å²) >= 11 is 1.05. The van der Waals surface area contributed by atoms with E-state index in [1.165, 1.54) is 12.1 Å². The zero-order chi connectivity index (χ0) is 25.4. The Morgan fingerprint density at radius 3 is 2.51 bits per heavy atom. The summed E-state index contributed by atoms with van der Waals surface area (Å²) in [6.07, 6.45) is 4.33. The fraction of sp³-hybridized carbons (Fsp3) is 0.190. The van der Waals surface area contributed by atoms with Crippen LogP contribution >= 0.6 is 11.3 Å². The van der Waals surface area contributed by atoms with E-state index in [1.54, 1.807) is 47.4 Å². The number of sulfone groups is 1. The SMILES string of the molecule is CS(=O)(=O)C(C(=O)NCCS(N)(=O)=O)c1nc2ccc(-c3cnn(-c4ccc(F)cc4)c3)cc2s1. The van der Waals surface area contributed by atoms with Crippen LogP contribution in [0.2, 0.25) is 0 Å². The van der Waals surface area contributed by atoms with Crippen molar-refractivity contribution in [1.29, 1.82) is 0 Å². The summed E-state index contributed by atoms with van der Waals surface area (Å²) in [5.41, 5.74) is 2.75. The molecule has 0 aliphatic heterocycles. The zero-order valence-corrected chi connectivity index (χ0v) is 20.7. The van der Waals surface area contributed by atoms with Crippen LogP contribution in [0.4, 0.5) is 4.39 Å². The second-order valence-corrected chi connectivity index (χ2v) is 12.7. The lowest BCUT2D eigenvalue weighted by molar-refractivity contribution is -0.120. The highest BCUT2D eigenvalue weighted by Gasteiger charge is 2.34. The van der Waals surface area contributed by atoms with Crippen LogP contribution in [0.3, 0.4) is 0 Å². The van der Waals surface area contributed by atoms with Crippen molar-refractivity contribution in [2.75, 3.05) is 18.6 Å². The van der Waals surface area contributed by atoms with Gasteiger partial charge in [-0.3, -0.25) is 4.79 Å². The molecule has 0 aliphatic carbocycles. The number of carbonyl (C=O) groups excluding carboxylic acids is 1. The van der Waals surface area contributed by atoms with Gasteiger partial charge in [0.2, 0.25) is 15.9 Å². The van der Waals surface area contributed by atoms with Crippen molar-refractivity contribution < 1.29 is 26.0 Å². The summed E-state index contributed by atoms with van der Waals surface area (Å²) in [4.78, 5) is 16.9. The number of benzene rings is 2. The lowest BCUT2D eigenvalue weighted by Gasteiger charge is -2.12. The Labute approximate surface area is 204 Å². The molecule has 2 heterocycles. The Balaban J connectivity index is 1.62. The van der Waals surface area contributed by atoms with Crippen LogP contribution in [0.5, 0.6) is 0 Å². The predicted molar refractivity (Wildman–Crippen MR) is 131 cm³/mol. The number of hydrogen-bond donors (Lipinski definition) is 2. The van der Waals surface area contributed by atoms with E-state index < -0.39 is 36.8 Å². The molecule has 4 aromatic rings. The fourth-order valence-electron chi connectivity index (χ4n) is 3.34. The van der Waals surface area contributed by atoms with Gasteiger partial charge in [0.05, 0.1) is 27.9 Å². The highest BCUT2D eigenvalue weighted by atomic mass is 32.2. The van der Waals surface area contributed by atoms with Gasteiger partial charge in [0.25, 0.3) is 0 Å². The number of sulfonamides is 1. The first-order valence-corrected chi connectivity index (χ1v) is 14.6. The van der Waals surface area contributed by atoms with E-state index in [4.69, 9.17) is 5.14 Å². The molecule has 0 saturated heterocycles. The molecule has 4 rings (SSSR count). The monoisotopic (exact) mass is 537 g/mol. The summed E-state index contributed by atoms with van der Waals surface area (Å²) in [5.74, 6) is -1.75. The molecule has 1 amide bonds. The highest BCUT2D eigenvalue weighted by molar-refractivity contribution is 7.91. The molecule has 3 N–H and O–H groups in total. The molecule has 0 spiro atoms. The van der Waals surface area contributed by atoms with Gasteiger partial charge in [-0.25, -0.2) is 36.0 Å². The average molecular weight is 538 g/mol. The quantitative estimate of drug-likeness (QED) is 0.347. The van der Waals surface area contributed by atoms with Gasteiger partial charge in [0.15, 0.2) is 15.1 Å². The van der Waals surface area contributed by atoms with Crippen LogP contribution < -0.4 is 10.5 Å². The summed E-state index contributed by atoms with van der Waals surface area (Å²) < 4.78 is 62.4. The lowest BCUT2D eigenvalue weighted by atomic mass is 10.1. The maximum absolute atomic E-state index is 13.2. The fourth-order valence-corrected chi connectivity index (χ4v) is 6.27. The lowest BCUT2D eigenvalue weighted by Crippen LogP contribution is -2.37. The number of halogens is 1. The van der Waals surface area contributed by atoms with Crippen molar-refractivity contribution in [3.05, 3.63) is 65.7 Å². The molecule has 1 atom stereocenters. The molecule has 2 aromatic heterocycles. The largest absolute Gasteiger partial charge is 0.354 e. The van der Waals surface area contributed by atoms with Crippen molar-refractivity contribution in [1.82, 2.24) is 20.1 Å². The van der Waals surface area contributed by atoms with Crippen LogP contribution in [-0.4, -0.2) is 56.1 Å². The number of nitrogens with two attached hydrogens (primary N) is 1. The first-order chi connectivity index (χ1) is 16.4. The van der Waals surface area contributed by atoms with E-state index in [9.17, 15) is 26.0 Å². The van der Waals surface area contributed by atoms with Gasteiger partial charge >= 0.3 is 0 Å². The number of amides is 1. The first-order valence-electron chi connectivity index (χ1n) is 10.1. The number of nitrogens with zero attached hydrogens (tertiary/aromatic N) is 3. The zero-order valence-electron chi connectivity index (χ0n) is 18.3. The molecular formula is C21H20FN5O5S3. The number of aromatic nitrogens is 3. The minimum atomic E-state index is -3.91. The number of primary sulfonamides is 1. The van der Waals surface area contributed by atoms with Gasteiger partial charge in [-0.2, -0.15) is 5.10 Å². The third-order valence-corrected chi connectivity index (χ3v) is 8.29. The minimum Gasteiger partial charge on any atom is -0.354 e. The average Bonchev–Trinajstić information content (AvgIpc) is 3.39. The van der Waals surface area contributed by atoms with Crippen LogP contribution in [0.15, 0.2) is 54.9 Å². The van der Waals surface area contributed by atoms with E-state index in [0.717, 1.165) is 28.7 Å². The smallest absolute Gasteiger partial charge is 0.245 e. The Morgan fingerprint density at radius 2 is 1.86 bits per heavy atom. The molecule has 35 heavy (non-hydrogen) atoms. The van der Waals surface area contributed by atoms with Gasteiger partial charge in [-0.1, -0.05) is 6.07 Å². The molecule has 2 aromatic carbocycles. The third-order valence-electron chi connectivity index (χ3n) is 4.99. The van der Waals surface area contributed by atoms with E-state index >= 15 is 0 Å². The number of rotatable bonds is 8. The minimum absolute atomic E-state index is 0.0646. The van der Waals surface area contributed by atoms with Gasteiger partial charge in [0.1, 0.15) is 10.8 Å². The van der Waals surface area contributed by atoms with Gasteiger partial charge in [0, 0.05) is 24.6 Å². The molecule has 10 nitrogen and oxygen atoms in total. The first kappa shape index (κ1) is 24.9. The van der Waals surface area contributed by atoms with Crippen LogP contribution in [0.1, 0.15) is 10.3 Å². The van der Waals surface area contributed by atoms with E-state index in [0.29, 0.717) is 15.9 Å². The number of nitrogens with one attached hydrogen (secondary N) is 1. The number of carbonyl (C=O) groups is 1. The number of hydrogen-bond acceptors (Lipinski definition) is 8. The standard InChI is InChI=1S/C21H20FN5O5S3/c1-34(29,30)19(20(28)24-8-9-35(23,31)32)21-26-17-7-2-13(10-18(17)33-21)14-11-25-27(12-14)16-5-3-15(22)4-6-16/h2-7,10-12,19H,8-9H2,1H3,(H,24,28)(H2,23,31,32). The summed E-state index contributed by atoms with van der Waals surface area (Å²) in [5, 5.41) is 10.00. The topological polar surface area (TPSA) is 154 Å². The molecule has 1 unspecified atom stereocenters. The van der Waals surface area contributed by atoms with Gasteiger partial charge < -0.3 is 5.32 Å². The predicted octanol–water partition coefficient (Wildman–Crippen LogP) is 1.78. The van der Waals surface area contributed by atoms with Crippen LogP contribution in [0, 0.1) is 5.82 Å². The highest BCUT2D eigenvalue weighted by Crippen LogP contribution is 2.33. The van der Waals surface area contributed by atoms with Crippen LogP contribution in [-0.2, 0) is 24.7 Å². The van der Waals surface area contributed by atoms with Crippen molar-refractivity contribution >= 4 is 47.3 Å². The Kier molecular flexibility index (Phi) is 6.73. The van der Waals surface area contributed by atoms with E-state index in [-0.39, 0.29) is 17.4 Å². The van der Waals surface area contributed by atoms with E-state index in [1.807, 2.05) is 0 Å². The Hall–Kier alpha value is -3.20. The van der Waals surface area contributed by atoms with E-state index in [2.05, 4.69) is 15.4 Å². The maximum Gasteiger partial charge on any atom is 0.245 e.